The standard InChI is InChI=1S/C28H31FN4O4/c1-37-28(35)21-4-2-20(3-5-21)18-33-24-7-6-22(29)16-23(24)26-25(33)10-13-32(27(26)34)15-14-31-11-8-19(9-12-31)17-30-36/h2-7,16,19H,8-15,17-18H2,1H3/p+1. The van der Waals surface area contributed by atoms with Gasteiger partial charge in [0.15, 0.2) is 7.11 Å². The van der Waals surface area contributed by atoms with Crippen LogP contribution in [-0.2, 0) is 17.7 Å². The number of esters is 1. The van der Waals surface area contributed by atoms with Crippen LogP contribution in [-0.4, -0.2) is 77.4 Å². The molecule has 0 saturated carbocycles. The third-order valence-corrected chi connectivity index (χ3v) is 7.71. The van der Waals surface area contributed by atoms with E-state index in [1.807, 2.05) is 17.0 Å². The zero-order chi connectivity index (χ0) is 25.9. The van der Waals surface area contributed by atoms with Crippen LogP contribution >= 0.6 is 0 Å². The van der Waals surface area contributed by atoms with Gasteiger partial charge in [-0.1, -0.05) is 17.3 Å². The number of rotatable bonds is 8. The van der Waals surface area contributed by atoms with Crippen LogP contribution in [0.3, 0.4) is 0 Å². The Bertz CT molecular complexity index is 1310. The monoisotopic (exact) mass is 507 g/mol. The van der Waals surface area contributed by atoms with Crippen molar-refractivity contribution in [3.05, 3.63) is 75.6 Å². The van der Waals surface area contributed by atoms with Crippen LogP contribution in [0.15, 0.2) is 47.6 Å². The Morgan fingerprint density at radius 3 is 2.57 bits per heavy atom. The quantitative estimate of drug-likeness (QED) is 0.264. The molecule has 1 aromatic heterocycles. The summed E-state index contributed by atoms with van der Waals surface area (Å²) >= 11 is 0. The molecule has 1 N–H and O–H groups in total. The number of methoxy groups -OCH3 is 1. The maximum absolute atomic E-state index is 14.3. The first-order valence-corrected chi connectivity index (χ1v) is 12.8. The van der Waals surface area contributed by atoms with Crippen molar-refractivity contribution in [1.29, 1.82) is 0 Å². The summed E-state index contributed by atoms with van der Waals surface area (Å²) < 4.78 is 21.3. The number of hydrogen-bond acceptors (Lipinski definition) is 5. The highest BCUT2D eigenvalue weighted by Gasteiger charge is 2.31. The molecule has 0 aliphatic carbocycles. The molecule has 0 radical (unpaired) electrons. The van der Waals surface area contributed by atoms with Gasteiger partial charge in [-0.05, 0) is 67.7 Å². The van der Waals surface area contributed by atoms with Crippen molar-refractivity contribution in [3.63, 3.8) is 0 Å². The van der Waals surface area contributed by atoms with Crippen LogP contribution in [0.4, 0.5) is 4.39 Å². The van der Waals surface area contributed by atoms with Gasteiger partial charge in [-0.2, -0.15) is 4.91 Å². The fourth-order valence-electron chi connectivity index (χ4n) is 5.59. The number of likely N-dealkylation sites (tertiary alicyclic amines) is 1. The number of ether oxygens (including phenoxy) is 1. The highest BCUT2D eigenvalue weighted by Crippen LogP contribution is 2.32. The Kier molecular flexibility index (Phi) is 7.32. The minimum atomic E-state index is -0.361. The number of carbonyl (C=O) groups excluding carboxylic acids is 2. The van der Waals surface area contributed by atoms with Crippen LogP contribution < -0.4 is 0 Å². The lowest BCUT2D eigenvalue weighted by molar-refractivity contribution is 0.0706. The molecule has 0 spiro atoms. The van der Waals surface area contributed by atoms with E-state index >= 15 is 0 Å². The van der Waals surface area contributed by atoms with Crippen LogP contribution in [0.2, 0.25) is 0 Å². The molecule has 2 aromatic carbocycles. The van der Waals surface area contributed by atoms with Crippen LogP contribution in [0.25, 0.3) is 10.9 Å². The largest absolute Gasteiger partial charge is 0.517 e. The van der Waals surface area contributed by atoms with E-state index in [9.17, 15) is 18.9 Å². The van der Waals surface area contributed by atoms with Crippen molar-refractivity contribution < 1.29 is 18.7 Å². The molecule has 1 amide bonds. The smallest absolute Gasteiger partial charge is 0.339 e. The number of benzene rings is 2. The number of fused-ring (bicyclic) bond motifs is 3. The molecule has 37 heavy (non-hydrogen) atoms. The molecule has 0 atom stereocenters. The maximum atomic E-state index is 14.3. The summed E-state index contributed by atoms with van der Waals surface area (Å²) in [6.45, 7) is 4.77. The van der Waals surface area contributed by atoms with Crippen molar-refractivity contribution in [3.8, 4) is 0 Å². The van der Waals surface area contributed by atoms with Gasteiger partial charge in [-0.25, -0.2) is 4.39 Å². The molecule has 194 valence electrons. The minimum absolute atomic E-state index is 0.0504. The van der Waals surface area contributed by atoms with Crippen molar-refractivity contribution in [2.24, 2.45) is 11.1 Å². The SMILES string of the molecule is COC(=[OH+])c1ccc(Cn2c3c(c4cc(F)ccc42)C(=O)N(CCN2CCC(CN=O)CC2)CC3)cc1. The molecule has 9 heteroatoms. The van der Waals surface area contributed by atoms with Crippen molar-refractivity contribution >= 4 is 22.8 Å². The van der Waals surface area contributed by atoms with Gasteiger partial charge in [-0.15, -0.1) is 0 Å². The fraction of sp³-hybridized carbons (Fsp3) is 0.429. The van der Waals surface area contributed by atoms with E-state index in [4.69, 9.17) is 4.74 Å². The second-order valence-corrected chi connectivity index (χ2v) is 9.91. The summed E-state index contributed by atoms with van der Waals surface area (Å²) in [5, 5.41) is 3.69. The number of amides is 1. The Balaban J connectivity index is 1.35. The lowest BCUT2D eigenvalue weighted by Gasteiger charge is -2.34. The van der Waals surface area contributed by atoms with Crippen LogP contribution in [0, 0.1) is 16.6 Å². The predicted molar refractivity (Wildman–Crippen MR) is 140 cm³/mol. The summed E-state index contributed by atoms with van der Waals surface area (Å²) in [5.74, 6) is -0.182. The second kappa shape index (κ2) is 10.8. The highest BCUT2D eigenvalue weighted by molar-refractivity contribution is 6.09. The predicted octanol–water partition coefficient (Wildman–Crippen LogP) is 3.80. The number of aromatic nitrogens is 1. The van der Waals surface area contributed by atoms with Gasteiger partial charge in [0.2, 0.25) is 0 Å². The van der Waals surface area contributed by atoms with Crippen LogP contribution in [0.5, 0.6) is 0 Å². The first-order chi connectivity index (χ1) is 18.0. The first kappa shape index (κ1) is 25.1. The molecule has 1 fully saturated rings. The summed E-state index contributed by atoms with van der Waals surface area (Å²) in [5.41, 5.74) is 3.95. The molecule has 3 aromatic rings. The number of piperidine rings is 1. The van der Waals surface area contributed by atoms with E-state index < -0.39 is 0 Å². The van der Waals surface area contributed by atoms with E-state index in [2.05, 4.69) is 14.6 Å². The van der Waals surface area contributed by atoms with E-state index in [-0.39, 0.29) is 17.7 Å². The molecule has 0 bridgehead atoms. The Morgan fingerprint density at radius 2 is 1.86 bits per heavy atom. The summed E-state index contributed by atoms with van der Waals surface area (Å²) in [4.78, 5) is 38.2. The van der Waals surface area contributed by atoms with E-state index in [1.165, 1.54) is 19.2 Å². The highest BCUT2D eigenvalue weighted by atomic mass is 19.1. The number of carbonyl (C=O) groups is 1. The molecular weight excluding hydrogens is 475 g/mol. The molecule has 5 rings (SSSR count). The van der Waals surface area contributed by atoms with E-state index in [0.717, 1.165) is 49.2 Å². The molecule has 2 aliphatic heterocycles. The third kappa shape index (κ3) is 5.13. The Hall–Kier alpha value is -3.59. The Morgan fingerprint density at radius 1 is 1.11 bits per heavy atom. The molecule has 1 saturated heterocycles. The molecular formula is C28H32FN4O4+. The number of nitrogens with zero attached hydrogens (tertiary/aromatic N) is 4. The summed E-state index contributed by atoms with van der Waals surface area (Å²) in [6, 6.07) is 12.1. The zero-order valence-electron chi connectivity index (χ0n) is 21.0. The van der Waals surface area contributed by atoms with Crippen molar-refractivity contribution in [1.82, 2.24) is 14.4 Å². The van der Waals surface area contributed by atoms with E-state index in [1.54, 1.807) is 18.2 Å². The van der Waals surface area contributed by atoms with Gasteiger partial charge in [0, 0.05) is 49.2 Å². The minimum Gasteiger partial charge on any atom is -0.339 e. The first-order valence-electron chi connectivity index (χ1n) is 12.8. The van der Waals surface area contributed by atoms with Gasteiger partial charge in [0.1, 0.15) is 11.4 Å². The molecule has 0 unspecified atom stereocenters. The van der Waals surface area contributed by atoms with Crippen molar-refractivity contribution in [2.45, 2.75) is 25.8 Å². The topological polar surface area (TPSA) is 88.5 Å². The van der Waals surface area contributed by atoms with Gasteiger partial charge >= 0.3 is 5.97 Å². The van der Waals surface area contributed by atoms with E-state index in [0.29, 0.717) is 55.0 Å². The fourth-order valence-corrected chi connectivity index (χ4v) is 5.59. The molecule has 3 heterocycles. The normalized spacial score (nSPS) is 16.7. The van der Waals surface area contributed by atoms with Crippen molar-refractivity contribution in [2.75, 3.05) is 46.4 Å². The van der Waals surface area contributed by atoms with Gasteiger partial charge in [0.05, 0.1) is 12.1 Å². The Labute approximate surface area is 215 Å². The third-order valence-electron chi connectivity index (χ3n) is 7.71. The average Bonchev–Trinajstić information content (AvgIpc) is 3.22. The average molecular weight is 508 g/mol. The van der Waals surface area contributed by atoms with Crippen LogP contribution in [0.1, 0.15) is 40.0 Å². The zero-order valence-corrected chi connectivity index (χ0v) is 21.0. The summed E-state index contributed by atoms with van der Waals surface area (Å²) in [7, 11) is 1.41. The number of hydrogen-bond donors (Lipinski definition) is 0. The summed E-state index contributed by atoms with van der Waals surface area (Å²) in [6.07, 6.45) is 2.61. The molecule has 2 aliphatic rings. The number of nitroso groups, excluding NO2 is 1. The van der Waals surface area contributed by atoms with Gasteiger partial charge in [-0.3, -0.25) is 4.79 Å². The molecule has 8 nitrogen and oxygen atoms in total. The second-order valence-electron chi connectivity index (χ2n) is 9.91. The van der Waals surface area contributed by atoms with Gasteiger partial charge < -0.3 is 23.9 Å². The lowest BCUT2D eigenvalue weighted by atomic mass is 9.97. The number of halogens is 1. The van der Waals surface area contributed by atoms with Gasteiger partial charge in [0.25, 0.3) is 5.91 Å². The maximum Gasteiger partial charge on any atom is 0.517 e. The lowest BCUT2D eigenvalue weighted by Crippen LogP contribution is -2.44.